The molecule has 0 atom stereocenters. The fourth-order valence-corrected chi connectivity index (χ4v) is 1.18. The molecule has 0 fully saturated rings. The quantitative estimate of drug-likeness (QED) is 0.789. The van der Waals surface area contributed by atoms with Crippen molar-refractivity contribution in [1.82, 2.24) is 5.32 Å². The summed E-state index contributed by atoms with van der Waals surface area (Å²) in [5.41, 5.74) is -0.687. The minimum Gasteiger partial charge on any atom is -0.492 e. The van der Waals surface area contributed by atoms with Crippen LogP contribution in [0, 0.1) is 0 Å². The van der Waals surface area contributed by atoms with Crippen LogP contribution in [0.15, 0.2) is 24.3 Å². The summed E-state index contributed by atoms with van der Waals surface area (Å²) in [6, 6.07) is 4.88. The highest BCUT2D eigenvalue weighted by atomic mass is 19.4. The van der Waals surface area contributed by atoms with E-state index in [-0.39, 0.29) is 5.75 Å². The molecule has 1 aromatic rings. The Bertz CT molecular complexity index is 325. The Morgan fingerprint density at radius 2 is 2.06 bits per heavy atom. The standard InChI is InChI=1S/C11H14F3NO/c1-2-15-6-7-16-10-5-3-4-9(8-10)11(12,13)14/h3-5,8,15H,2,6-7H2,1H3. The van der Waals surface area contributed by atoms with Crippen LogP contribution in [-0.2, 0) is 6.18 Å². The van der Waals surface area contributed by atoms with Crippen molar-refractivity contribution in [3.8, 4) is 5.75 Å². The van der Waals surface area contributed by atoms with Crippen molar-refractivity contribution >= 4 is 0 Å². The highest BCUT2D eigenvalue weighted by Crippen LogP contribution is 2.31. The van der Waals surface area contributed by atoms with Crippen LogP contribution >= 0.6 is 0 Å². The maximum absolute atomic E-state index is 12.3. The summed E-state index contributed by atoms with van der Waals surface area (Å²) in [4.78, 5) is 0. The second kappa shape index (κ2) is 5.75. The number of hydrogen-bond donors (Lipinski definition) is 1. The molecule has 0 radical (unpaired) electrons. The summed E-state index contributed by atoms with van der Waals surface area (Å²) in [5, 5.41) is 3.02. The van der Waals surface area contributed by atoms with E-state index in [9.17, 15) is 13.2 Å². The van der Waals surface area contributed by atoms with E-state index in [1.54, 1.807) is 0 Å². The van der Waals surface area contributed by atoms with E-state index >= 15 is 0 Å². The molecule has 2 nitrogen and oxygen atoms in total. The predicted molar refractivity (Wildman–Crippen MR) is 55.5 cm³/mol. The molecule has 0 aromatic heterocycles. The van der Waals surface area contributed by atoms with Gasteiger partial charge in [0.05, 0.1) is 5.56 Å². The van der Waals surface area contributed by atoms with Gasteiger partial charge in [-0.05, 0) is 24.7 Å². The SMILES string of the molecule is CCNCCOc1cccc(C(F)(F)F)c1. The van der Waals surface area contributed by atoms with Gasteiger partial charge in [-0.3, -0.25) is 0 Å². The van der Waals surface area contributed by atoms with Gasteiger partial charge in [0.1, 0.15) is 12.4 Å². The number of ether oxygens (including phenoxy) is 1. The molecule has 0 saturated carbocycles. The number of rotatable bonds is 5. The Morgan fingerprint density at radius 1 is 1.31 bits per heavy atom. The lowest BCUT2D eigenvalue weighted by molar-refractivity contribution is -0.137. The van der Waals surface area contributed by atoms with E-state index in [1.165, 1.54) is 12.1 Å². The Labute approximate surface area is 92.4 Å². The van der Waals surface area contributed by atoms with E-state index in [0.29, 0.717) is 13.2 Å². The molecule has 5 heteroatoms. The van der Waals surface area contributed by atoms with E-state index in [0.717, 1.165) is 18.7 Å². The first kappa shape index (κ1) is 12.8. The highest BCUT2D eigenvalue weighted by Gasteiger charge is 2.30. The van der Waals surface area contributed by atoms with Gasteiger partial charge < -0.3 is 10.1 Å². The summed E-state index contributed by atoms with van der Waals surface area (Å²) < 4.78 is 42.2. The Morgan fingerprint density at radius 3 is 2.69 bits per heavy atom. The minimum atomic E-state index is -4.32. The monoisotopic (exact) mass is 233 g/mol. The van der Waals surface area contributed by atoms with Crippen LogP contribution in [0.2, 0.25) is 0 Å². The van der Waals surface area contributed by atoms with Gasteiger partial charge in [-0.2, -0.15) is 13.2 Å². The zero-order valence-electron chi connectivity index (χ0n) is 8.97. The van der Waals surface area contributed by atoms with Gasteiger partial charge in [0, 0.05) is 6.54 Å². The zero-order chi connectivity index (χ0) is 12.0. The molecular weight excluding hydrogens is 219 g/mol. The summed E-state index contributed by atoms with van der Waals surface area (Å²) in [5.74, 6) is 0.243. The molecule has 0 bridgehead atoms. The van der Waals surface area contributed by atoms with Crippen molar-refractivity contribution in [3.05, 3.63) is 29.8 Å². The second-order valence-corrected chi connectivity index (χ2v) is 3.23. The topological polar surface area (TPSA) is 21.3 Å². The van der Waals surface area contributed by atoms with Gasteiger partial charge in [-0.15, -0.1) is 0 Å². The predicted octanol–water partition coefficient (Wildman–Crippen LogP) is 2.69. The fourth-order valence-electron chi connectivity index (χ4n) is 1.18. The number of likely N-dealkylation sites (N-methyl/N-ethyl adjacent to an activating group) is 1. The zero-order valence-corrected chi connectivity index (χ0v) is 8.97. The maximum atomic E-state index is 12.3. The number of hydrogen-bond acceptors (Lipinski definition) is 2. The van der Waals surface area contributed by atoms with Gasteiger partial charge in [0.15, 0.2) is 0 Å². The first-order valence-electron chi connectivity index (χ1n) is 5.05. The number of alkyl halides is 3. The lowest BCUT2D eigenvalue weighted by Crippen LogP contribution is -2.20. The Hall–Kier alpha value is -1.23. The van der Waals surface area contributed by atoms with Crippen molar-refractivity contribution in [3.63, 3.8) is 0 Å². The van der Waals surface area contributed by atoms with Gasteiger partial charge >= 0.3 is 6.18 Å². The summed E-state index contributed by atoms with van der Waals surface area (Å²) in [6.07, 6.45) is -4.32. The molecule has 1 N–H and O–H groups in total. The van der Waals surface area contributed by atoms with E-state index < -0.39 is 11.7 Å². The molecule has 1 rings (SSSR count). The molecule has 16 heavy (non-hydrogen) atoms. The van der Waals surface area contributed by atoms with Crippen LogP contribution in [0.4, 0.5) is 13.2 Å². The van der Waals surface area contributed by atoms with Crippen LogP contribution in [0.5, 0.6) is 5.75 Å². The first-order valence-corrected chi connectivity index (χ1v) is 5.05. The van der Waals surface area contributed by atoms with E-state index in [2.05, 4.69) is 5.32 Å². The third-order valence-corrected chi connectivity index (χ3v) is 1.96. The maximum Gasteiger partial charge on any atom is 0.416 e. The molecule has 0 aliphatic rings. The molecule has 1 aromatic carbocycles. The van der Waals surface area contributed by atoms with Crippen molar-refractivity contribution in [2.45, 2.75) is 13.1 Å². The molecule has 0 amide bonds. The summed E-state index contributed by atoms with van der Waals surface area (Å²) >= 11 is 0. The fraction of sp³-hybridized carbons (Fsp3) is 0.455. The van der Waals surface area contributed by atoms with Crippen LogP contribution < -0.4 is 10.1 Å². The Balaban J connectivity index is 2.54. The molecule has 0 spiro atoms. The lowest BCUT2D eigenvalue weighted by Gasteiger charge is -2.10. The molecule has 90 valence electrons. The van der Waals surface area contributed by atoms with Gasteiger partial charge in [0.2, 0.25) is 0 Å². The molecule has 0 aliphatic carbocycles. The third kappa shape index (κ3) is 4.10. The molecule has 0 saturated heterocycles. The minimum absolute atomic E-state index is 0.243. The molecule has 0 unspecified atom stereocenters. The van der Waals surface area contributed by atoms with Crippen molar-refractivity contribution in [2.75, 3.05) is 19.7 Å². The third-order valence-electron chi connectivity index (χ3n) is 1.96. The van der Waals surface area contributed by atoms with Gasteiger partial charge in [-0.1, -0.05) is 13.0 Å². The van der Waals surface area contributed by atoms with Crippen molar-refractivity contribution in [2.24, 2.45) is 0 Å². The average Bonchev–Trinajstić information content (AvgIpc) is 2.24. The lowest BCUT2D eigenvalue weighted by atomic mass is 10.2. The highest BCUT2D eigenvalue weighted by molar-refractivity contribution is 5.30. The van der Waals surface area contributed by atoms with Crippen LogP contribution in [0.3, 0.4) is 0 Å². The van der Waals surface area contributed by atoms with Gasteiger partial charge in [-0.25, -0.2) is 0 Å². The number of halogens is 3. The van der Waals surface area contributed by atoms with E-state index in [1.807, 2.05) is 6.92 Å². The van der Waals surface area contributed by atoms with Crippen LogP contribution in [0.1, 0.15) is 12.5 Å². The Kier molecular flexibility index (Phi) is 4.61. The number of benzene rings is 1. The average molecular weight is 233 g/mol. The first-order chi connectivity index (χ1) is 7.54. The molecule has 0 aliphatic heterocycles. The van der Waals surface area contributed by atoms with Crippen molar-refractivity contribution < 1.29 is 17.9 Å². The van der Waals surface area contributed by atoms with Crippen LogP contribution in [-0.4, -0.2) is 19.7 Å². The normalized spacial score (nSPS) is 11.5. The second-order valence-electron chi connectivity index (χ2n) is 3.23. The largest absolute Gasteiger partial charge is 0.492 e. The molecular formula is C11H14F3NO. The van der Waals surface area contributed by atoms with Gasteiger partial charge in [0.25, 0.3) is 0 Å². The van der Waals surface area contributed by atoms with Crippen molar-refractivity contribution in [1.29, 1.82) is 0 Å². The number of nitrogens with one attached hydrogen (secondary N) is 1. The smallest absolute Gasteiger partial charge is 0.416 e. The summed E-state index contributed by atoms with van der Waals surface area (Å²) in [6.45, 7) is 3.73. The van der Waals surface area contributed by atoms with E-state index in [4.69, 9.17) is 4.74 Å². The summed E-state index contributed by atoms with van der Waals surface area (Å²) in [7, 11) is 0. The molecule has 0 heterocycles. The van der Waals surface area contributed by atoms with Crippen LogP contribution in [0.25, 0.3) is 0 Å².